The SMILES string of the molecule is CC(C)(C)CCCN1CCN(CCCCCOCC(C)(C)C)CC1. The number of hydrogen-bond donors (Lipinski definition) is 0. The molecule has 0 aromatic rings. The highest BCUT2D eigenvalue weighted by molar-refractivity contribution is 4.73. The van der Waals surface area contributed by atoms with Crippen LogP contribution in [0.3, 0.4) is 0 Å². The first kappa shape index (κ1) is 21.9. The summed E-state index contributed by atoms with van der Waals surface area (Å²) in [6, 6.07) is 0. The molecule has 1 aliphatic rings. The third kappa shape index (κ3) is 12.3. The molecule has 3 heteroatoms. The van der Waals surface area contributed by atoms with E-state index in [1.54, 1.807) is 0 Å². The molecule has 0 bridgehead atoms. The van der Waals surface area contributed by atoms with Crippen LogP contribution >= 0.6 is 0 Å². The topological polar surface area (TPSA) is 15.7 Å². The number of nitrogens with zero attached hydrogens (tertiary/aromatic N) is 2. The molecule has 0 unspecified atom stereocenters. The minimum absolute atomic E-state index is 0.298. The molecule has 0 aliphatic carbocycles. The van der Waals surface area contributed by atoms with Gasteiger partial charge in [-0.25, -0.2) is 0 Å². The Hall–Kier alpha value is -0.120. The Kier molecular flexibility index (Phi) is 9.84. The van der Waals surface area contributed by atoms with Crippen LogP contribution in [0.1, 0.15) is 73.6 Å². The minimum atomic E-state index is 0.298. The molecule has 1 heterocycles. The first-order chi connectivity index (χ1) is 11.2. The predicted octanol–water partition coefficient (Wildman–Crippen LogP) is 4.66. The van der Waals surface area contributed by atoms with E-state index in [1.165, 1.54) is 71.4 Å². The maximum atomic E-state index is 5.75. The molecular formula is C21H44N2O. The summed E-state index contributed by atoms with van der Waals surface area (Å²) in [5, 5.41) is 0. The molecule has 0 radical (unpaired) electrons. The zero-order chi connectivity index (χ0) is 18.1. The van der Waals surface area contributed by atoms with Gasteiger partial charge in [0.25, 0.3) is 0 Å². The lowest BCUT2D eigenvalue weighted by atomic mass is 9.90. The molecule has 3 nitrogen and oxygen atoms in total. The zero-order valence-corrected chi connectivity index (χ0v) is 17.5. The monoisotopic (exact) mass is 340 g/mol. The average Bonchev–Trinajstić information content (AvgIpc) is 2.45. The smallest absolute Gasteiger partial charge is 0.0514 e. The van der Waals surface area contributed by atoms with Crippen LogP contribution in [0.5, 0.6) is 0 Å². The summed E-state index contributed by atoms with van der Waals surface area (Å²) in [5.74, 6) is 0. The second-order valence-electron chi connectivity index (χ2n) is 10.0. The van der Waals surface area contributed by atoms with Crippen LogP contribution in [0.2, 0.25) is 0 Å². The summed E-state index contributed by atoms with van der Waals surface area (Å²) in [5.41, 5.74) is 0.783. The molecule has 0 aromatic heterocycles. The van der Waals surface area contributed by atoms with E-state index in [2.05, 4.69) is 51.3 Å². The fourth-order valence-electron chi connectivity index (χ4n) is 3.16. The summed E-state index contributed by atoms with van der Waals surface area (Å²) in [6.07, 6.45) is 6.52. The van der Waals surface area contributed by atoms with Gasteiger partial charge in [0.1, 0.15) is 0 Å². The molecule has 0 atom stereocenters. The van der Waals surface area contributed by atoms with Crippen LogP contribution in [-0.4, -0.2) is 62.3 Å². The molecule has 0 aromatic carbocycles. The lowest BCUT2D eigenvalue weighted by Gasteiger charge is -2.35. The Morgan fingerprint density at radius 2 is 1.21 bits per heavy atom. The summed E-state index contributed by atoms with van der Waals surface area (Å²) in [4.78, 5) is 5.30. The van der Waals surface area contributed by atoms with Gasteiger partial charge in [-0.05, 0) is 56.0 Å². The molecule has 1 rings (SSSR count). The van der Waals surface area contributed by atoms with Crippen molar-refractivity contribution in [2.45, 2.75) is 73.6 Å². The zero-order valence-electron chi connectivity index (χ0n) is 17.5. The molecule has 0 spiro atoms. The van der Waals surface area contributed by atoms with Crippen molar-refractivity contribution in [1.29, 1.82) is 0 Å². The Morgan fingerprint density at radius 1 is 0.667 bits per heavy atom. The Bertz CT molecular complexity index is 309. The average molecular weight is 341 g/mol. The summed E-state index contributed by atoms with van der Waals surface area (Å²) < 4.78 is 5.75. The largest absolute Gasteiger partial charge is 0.381 e. The highest BCUT2D eigenvalue weighted by Crippen LogP contribution is 2.20. The lowest BCUT2D eigenvalue weighted by Crippen LogP contribution is -2.46. The van der Waals surface area contributed by atoms with Crippen molar-refractivity contribution in [2.24, 2.45) is 10.8 Å². The van der Waals surface area contributed by atoms with Gasteiger partial charge in [0, 0.05) is 32.8 Å². The molecular weight excluding hydrogens is 296 g/mol. The van der Waals surface area contributed by atoms with E-state index in [4.69, 9.17) is 4.74 Å². The number of ether oxygens (including phenoxy) is 1. The van der Waals surface area contributed by atoms with Gasteiger partial charge in [-0.15, -0.1) is 0 Å². The maximum absolute atomic E-state index is 5.75. The van der Waals surface area contributed by atoms with Crippen LogP contribution in [-0.2, 0) is 4.74 Å². The molecule has 1 saturated heterocycles. The quantitative estimate of drug-likeness (QED) is 0.538. The van der Waals surface area contributed by atoms with Crippen molar-refractivity contribution in [3.05, 3.63) is 0 Å². The van der Waals surface area contributed by atoms with Gasteiger partial charge < -0.3 is 14.5 Å². The molecule has 0 amide bonds. The van der Waals surface area contributed by atoms with E-state index < -0.39 is 0 Å². The normalized spacial score (nSPS) is 18.2. The van der Waals surface area contributed by atoms with Gasteiger partial charge in [-0.1, -0.05) is 41.5 Å². The first-order valence-electron chi connectivity index (χ1n) is 10.2. The summed E-state index contributed by atoms with van der Waals surface area (Å²) in [6.45, 7) is 23.1. The number of rotatable bonds is 10. The van der Waals surface area contributed by atoms with Crippen LogP contribution < -0.4 is 0 Å². The van der Waals surface area contributed by atoms with E-state index in [-0.39, 0.29) is 0 Å². The van der Waals surface area contributed by atoms with Crippen molar-refractivity contribution in [1.82, 2.24) is 9.80 Å². The van der Waals surface area contributed by atoms with Crippen LogP contribution in [0.15, 0.2) is 0 Å². The van der Waals surface area contributed by atoms with Gasteiger partial charge >= 0.3 is 0 Å². The fraction of sp³-hybridized carbons (Fsp3) is 1.00. The standard InChI is InChI=1S/C21H44N2O/c1-20(2,3)11-10-13-23-16-14-22(15-17-23)12-8-7-9-18-24-19-21(4,5)6/h7-19H2,1-6H3. The maximum Gasteiger partial charge on any atom is 0.0514 e. The Labute approximate surface area is 152 Å². The number of unbranched alkanes of at least 4 members (excludes halogenated alkanes) is 2. The summed E-state index contributed by atoms with van der Waals surface area (Å²) >= 11 is 0. The molecule has 144 valence electrons. The van der Waals surface area contributed by atoms with E-state index in [0.717, 1.165) is 13.2 Å². The second-order valence-corrected chi connectivity index (χ2v) is 10.0. The van der Waals surface area contributed by atoms with Gasteiger partial charge in [-0.2, -0.15) is 0 Å². The molecule has 0 saturated carbocycles. The minimum Gasteiger partial charge on any atom is -0.381 e. The Balaban J connectivity index is 1.95. The van der Waals surface area contributed by atoms with E-state index >= 15 is 0 Å². The van der Waals surface area contributed by atoms with E-state index in [0.29, 0.717) is 10.8 Å². The van der Waals surface area contributed by atoms with Crippen molar-refractivity contribution in [3.63, 3.8) is 0 Å². The van der Waals surface area contributed by atoms with Gasteiger partial charge in [0.2, 0.25) is 0 Å². The third-order valence-electron chi connectivity index (χ3n) is 4.66. The molecule has 1 aliphatic heterocycles. The fourth-order valence-corrected chi connectivity index (χ4v) is 3.16. The summed E-state index contributed by atoms with van der Waals surface area (Å²) in [7, 11) is 0. The predicted molar refractivity (Wildman–Crippen MR) is 106 cm³/mol. The van der Waals surface area contributed by atoms with Crippen molar-refractivity contribution in [2.75, 3.05) is 52.5 Å². The van der Waals surface area contributed by atoms with Crippen molar-refractivity contribution < 1.29 is 4.74 Å². The number of piperazine rings is 1. The van der Waals surface area contributed by atoms with Gasteiger partial charge in [0.05, 0.1) is 6.61 Å². The van der Waals surface area contributed by atoms with Gasteiger partial charge in [-0.3, -0.25) is 0 Å². The number of hydrogen-bond acceptors (Lipinski definition) is 3. The van der Waals surface area contributed by atoms with Crippen molar-refractivity contribution in [3.8, 4) is 0 Å². The van der Waals surface area contributed by atoms with E-state index in [1.807, 2.05) is 0 Å². The molecule has 24 heavy (non-hydrogen) atoms. The van der Waals surface area contributed by atoms with Crippen LogP contribution in [0.25, 0.3) is 0 Å². The van der Waals surface area contributed by atoms with Crippen molar-refractivity contribution >= 4 is 0 Å². The highest BCUT2D eigenvalue weighted by Gasteiger charge is 2.17. The third-order valence-corrected chi connectivity index (χ3v) is 4.66. The molecule has 0 N–H and O–H groups in total. The molecule has 1 fully saturated rings. The Morgan fingerprint density at radius 3 is 1.71 bits per heavy atom. The first-order valence-corrected chi connectivity index (χ1v) is 10.2. The van der Waals surface area contributed by atoms with Gasteiger partial charge in [0.15, 0.2) is 0 Å². The highest BCUT2D eigenvalue weighted by atomic mass is 16.5. The van der Waals surface area contributed by atoms with E-state index in [9.17, 15) is 0 Å². The second kappa shape index (κ2) is 10.8. The van der Waals surface area contributed by atoms with Crippen LogP contribution in [0.4, 0.5) is 0 Å². The lowest BCUT2D eigenvalue weighted by molar-refractivity contribution is 0.0677. The van der Waals surface area contributed by atoms with Crippen LogP contribution in [0, 0.1) is 10.8 Å².